The van der Waals surface area contributed by atoms with Gasteiger partial charge in [-0.2, -0.15) is 4.31 Å². The lowest BCUT2D eigenvalue weighted by molar-refractivity contribution is -0.00772. The fraction of sp³-hybridized carbons (Fsp3) is 0.571. The quantitative estimate of drug-likeness (QED) is 0.843. The molecule has 112 valence electrons. The normalized spacial score (nSPS) is 20.0. The maximum Gasteiger partial charge on any atom is 0.244 e. The predicted molar refractivity (Wildman–Crippen MR) is 79.1 cm³/mol. The van der Waals surface area contributed by atoms with Crippen molar-refractivity contribution in [2.45, 2.75) is 38.1 Å². The molecule has 0 unspecified atom stereocenters. The van der Waals surface area contributed by atoms with Crippen molar-refractivity contribution in [3.05, 3.63) is 23.3 Å². The number of nitrogen functional groups attached to an aromatic ring is 1. The number of ether oxygens (including phenoxy) is 1. The van der Waals surface area contributed by atoms with Gasteiger partial charge in [0.1, 0.15) is 0 Å². The summed E-state index contributed by atoms with van der Waals surface area (Å²) in [4.78, 5) is 0.296. The molecular formula is C14H22N2O3S. The first-order valence-corrected chi connectivity index (χ1v) is 8.07. The van der Waals surface area contributed by atoms with Gasteiger partial charge in [-0.1, -0.05) is 0 Å². The summed E-state index contributed by atoms with van der Waals surface area (Å²) >= 11 is 0. The van der Waals surface area contributed by atoms with Gasteiger partial charge in [0.2, 0.25) is 10.0 Å². The number of benzene rings is 1. The zero-order chi connectivity index (χ0) is 15.1. The third-order valence-electron chi connectivity index (χ3n) is 3.68. The van der Waals surface area contributed by atoms with E-state index in [1.54, 1.807) is 19.1 Å². The Morgan fingerprint density at radius 3 is 2.55 bits per heavy atom. The van der Waals surface area contributed by atoms with Crippen LogP contribution < -0.4 is 5.73 Å². The monoisotopic (exact) mass is 298 g/mol. The molecule has 1 saturated heterocycles. The Kier molecular flexibility index (Phi) is 3.83. The predicted octanol–water partition coefficient (Wildman–Crippen LogP) is 1.69. The number of hydrogen-bond donors (Lipinski definition) is 1. The van der Waals surface area contributed by atoms with Crippen molar-refractivity contribution in [3.8, 4) is 0 Å². The summed E-state index contributed by atoms with van der Waals surface area (Å²) in [5, 5.41) is 0. The van der Waals surface area contributed by atoms with Crippen molar-refractivity contribution in [2.75, 3.05) is 25.5 Å². The van der Waals surface area contributed by atoms with E-state index in [2.05, 4.69) is 0 Å². The van der Waals surface area contributed by atoms with Gasteiger partial charge in [-0.05, 0) is 51.0 Å². The summed E-state index contributed by atoms with van der Waals surface area (Å²) in [5.41, 5.74) is 7.32. The highest BCUT2D eigenvalue weighted by atomic mass is 32.2. The SMILES string of the molecule is Cc1cc(N)c(C)c(S(=O)(=O)N2CCOCC2(C)C)c1. The fourth-order valence-corrected chi connectivity index (χ4v) is 4.62. The molecule has 0 aromatic heterocycles. The third-order valence-corrected chi connectivity index (χ3v) is 5.92. The largest absolute Gasteiger partial charge is 0.398 e. The number of aryl methyl sites for hydroxylation is 1. The van der Waals surface area contributed by atoms with Crippen LogP contribution in [-0.2, 0) is 14.8 Å². The van der Waals surface area contributed by atoms with Crippen LogP contribution in [0.15, 0.2) is 17.0 Å². The molecule has 2 N–H and O–H groups in total. The molecule has 1 aromatic carbocycles. The summed E-state index contributed by atoms with van der Waals surface area (Å²) in [5.74, 6) is 0. The summed E-state index contributed by atoms with van der Waals surface area (Å²) in [6, 6.07) is 3.48. The van der Waals surface area contributed by atoms with Crippen LogP contribution in [-0.4, -0.2) is 38.0 Å². The van der Waals surface area contributed by atoms with Crippen LogP contribution >= 0.6 is 0 Å². The Hall–Kier alpha value is -1.11. The molecule has 5 nitrogen and oxygen atoms in total. The summed E-state index contributed by atoms with van der Waals surface area (Å²) in [6.07, 6.45) is 0. The molecule has 1 fully saturated rings. The van der Waals surface area contributed by atoms with Gasteiger partial charge in [-0.15, -0.1) is 0 Å². The molecule has 0 saturated carbocycles. The highest BCUT2D eigenvalue weighted by Gasteiger charge is 2.40. The van der Waals surface area contributed by atoms with Crippen molar-refractivity contribution < 1.29 is 13.2 Å². The van der Waals surface area contributed by atoms with E-state index in [0.717, 1.165) is 5.56 Å². The summed E-state index contributed by atoms with van der Waals surface area (Å²) < 4.78 is 32.8. The van der Waals surface area contributed by atoms with E-state index < -0.39 is 15.6 Å². The van der Waals surface area contributed by atoms with Crippen LogP contribution in [0.5, 0.6) is 0 Å². The molecular weight excluding hydrogens is 276 g/mol. The standard InChI is InChI=1S/C14H22N2O3S/c1-10-7-12(15)11(2)13(8-10)20(17,18)16-5-6-19-9-14(16,3)4/h7-8H,5-6,9,15H2,1-4H3. The van der Waals surface area contributed by atoms with Crippen molar-refractivity contribution in [1.29, 1.82) is 0 Å². The van der Waals surface area contributed by atoms with E-state index >= 15 is 0 Å². The second-order valence-electron chi connectivity index (χ2n) is 5.92. The Labute approximate surface area is 120 Å². The molecule has 0 spiro atoms. The Balaban J connectivity index is 2.56. The first-order valence-electron chi connectivity index (χ1n) is 6.63. The van der Waals surface area contributed by atoms with Crippen LogP contribution in [0.4, 0.5) is 5.69 Å². The fourth-order valence-electron chi connectivity index (χ4n) is 2.53. The molecule has 0 atom stereocenters. The van der Waals surface area contributed by atoms with E-state index in [1.165, 1.54) is 4.31 Å². The molecule has 0 radical (unpaired) electrons. The number of nitrogens with zero attached hydrogens (tertiary/aromatic N) is 1. The lowest BCUT2D eigenvalue weighted by atomic mass is 10.1. The summed E-state index contributed by atoms with van der Waals surface area (Å²) in [7, 11) is -3.57. The van der Waals surface area contributed by atoms with Crippen LogP contribution in [0.25, 0.3) is 0 Å². The van der Waals surface area contributed by atoms with Gasteiger partial charge in [-0.3, -0.25) is 0 Å². The number of sulfonamides is 1. The van der Waals surface area contributed by atoms with E-state index in [-0.39, 0.29) is 0 Å². The number of rotatable bonds is 2. The van der Waals surface area contributed by atoms with Crippen molar-refractivity contribution in [3.63, 3.8) is 0 Å². The lowest BCUT2D eigenvalue weighted by Gasteiger charge is -2.41. The molecule has 0 bridgehead atoms. The topological polar surface area (TPSA) is 72.6 Å². The molecule has 1 aliphatic rings. The second-order valence-corrected chi connectivity index (χ2v) is 7.75. The Morgan fingerprint density at radius 1 is 1.30 bits per heavy atom. The molecule has 20 heavy (non-hydrogen) atoms. The first-order chi connectivity index (χ1) is 9.16. The van der Waals surface area contributed by atoms with Crippen LogP contribution in [0.1, 0.15) is 25.0 Å². The van der Waals surface area contributed by atoms with Gasteiger partial charge < -0.3 is 10.5 Å². The molecule has 6 heteroatoms. The average Bonchev–Trinajstić information content (AvgIpc) is 2.32. The smallest absolute Gasteiger partial charge is 0.244 e. The van der Waals surface area contributed by atoms with Crippen LogP contribution in [0.2, 0.25) is 0 Å². The highest BCUT2D eigenvalue weighted by molar-refractivity contribution is 7.89. The molecule has 2 rings (SSSR count). The maximum atomic E-state index is 12.9. The van der Waals surface area contributed by atoms with Crippen molar-refractivity contribution in [1.82, 2.24) is 4.31 Å². The number of morpholine rings is 1. The lowest BCUT2D eigenvalue weighted by Crippen LogP contribution is -2.55. The molecule has 1 heterocycles. The third kappa shape index (κ3) is 2.55. The molecule has 1 aliphatic heterocycles. The van der Waals surface area contributed by atoms with Crippen molar-refractivity contribution >= 4 is 15.7 Å². The van der Waals surface area contributed by atoms with Gasteiger partial charge in [0, 0.05) is 12.2 Å². The zero-order valence-electron chi connectivity index (χ0n) is 12.4. The minimum absolute atomic E-state index is 0.296. The average molecular weight is 298 g/mol. The highest BCUT2D eigenvalue weighted by Crippen LogP contribution is 2.31. The van der Waals surface area contributed by atoms with E-state index in [4.69, 9.17) is 10.5 Å². The van der Waals surface area contributed by atoms with Gasteiger partial charge >= 0.3 is 0 Å². The van der Waals surface area contributed by atoms with Gasteiger partial charge in [0.15, 0.2) is 0 Å². The maximum absolute atomic E-state index is 12.9. The van der Waals surface area contributed by atoms with Crippen LogP contribution in [0.3, 0.4) is 0 Å². The minimum Gasteiger partial charge on any atom is -0.398 e. The van der Waals surface area contributed by atoms with Gasteiger partial charge in [-0.25, -0.2) is 8.42 Å². The number of hydrogen-bond acceptors (Lipinski definition) is 4. The zero-order valence-corrected chi connectivity index (χ0v) is 13.3. The summed E-state index contributed by atoms with van der Waals surface area (Å²) in [6.45, 7) is 8.52. The minimum atomic E-state index is -3.57. The number of nitrogens with two attached hydrogens (primary N) is 1. The van der Waals surface area contributed by atoms with Crippen molar-refractivity contribution in [2.24, 2.45) is 0 Å². The van der Waals surface area contributed by atoms with Gasteiger partial charge in [0.05, 0.1) is 23.6 Å². The van der Waals surface area contributed by atoms with Crippen LogP contribution in [0, 0.1) is 13.8 Å². The molecule has 1 aromatic rings. The molecule has 0 aliphatic carbocycles. The molecule has 0 amide bonds. The van der Waals surface area contributed by atoms with Gasteiger partial charge in [0.25, 0.3) is 0 Å². The van der Waals surface area contributed by atoms with E-state index in [1.807, 2.05) is 20.8 Å². The second kappa shape index (κ2) is 5.02. The van der Waals surface area contributed by atoms with E-state index in [0.29, 0.717) is 35.9 Å². The van der Waals surface area contributed by atoms with E-state index in [9.17, 15) is 8.42 Å². The number of anilines is 1. The first kappa shape index (κ1) is 15.3. The Bertz CT molecular complexity index is 624. The Morgan fingerprint density at radius 2 is 1.95 bits per heavy atom.